The molecule has 1 aliphatic heterocycles. The summed E-state index contributed by atoms with van der Waals surface area (Å²) in [5, 5.41) is 9.43. The van der Waals surface area contributed by atoms with Crippen molar-refractivity contribution in [3.05, 3.63) is 32.6 Å². The molecule has 23 heavy (non-hydrogen) atoms. The molecule has 0 aliphatic carbocycles. The van der Waals surface area contributed by atoms with Crippen molar-refractivity contribution < 1.29 is 19.3 Å². The lowest BCUT2D eigenvalue weighted by atomic mass is 10.2. The van der Waals surface area contributed by atoms with Crippen LogP contribution in [0.15, 0.2) is 15.8 Å². The highest BCUT2D eigenvalue weighted by molar-refractivity contribution is 8.76. The molecule has 0 aromatic carbocycles. The summed E-state index contributed by atoms with van der Waals surface area (Å²) in [4.78, 5) is 25.6. The molecule has 130 valence electrons. The molecule has 1 unspecified atom stereocenters. The number of H-pyrrole nitrogens is 1. The summed E-state index contributed by atoms with van der Waals surface area (Å²) >= 11 is 0. The van der Waals surface area contributed by atoms with E-state index in [1.165, 1.54) is 32.4 Å². The van der Waals surface area contributed by atoms with Gasteiger partial charge in [0.25, 0.3) is 5.56 Å². The van der Waals surface area contributed by atoms with Crippen molar-refractivity contribution in [3.8, 4) is 0 Å². The first kappa shape index (κ1) is 18.6. The first-order chi connectivity index (χ1) is 11.1. The molecule has 0 spiro atoms. The molecule has 0 saturated carbocycles. The molecule has 1 aliphatic rings. The molecule has 8 nitrogen and oxygen atoms in total. The third-order valence-corrected chi connectivity index (χ3v) is 5.20. The Morgan fingerprint density at radius 1 is 1.43 bits per heavy atom. The topological polar surface area (TPSA) is 103 Å². The van der Waals surface area contributed by atoms with E-state index in [0.717, 1.165) is 0 Å². The van der Waals surface area contributed by atoms with Crippen LogP contribution >= 0.6 is 21.6 Å². The van der Waals surface area contributed by atoms with Crippen molar-refractivity contribution in [1.29, 1.82) is 0 Å². The van der Waals surface area contributed by atoms with Gasteiger partial charge in [-0.15, -0.1) is 0 Å². The summed E-state index contributed by atoms with van der Waals surface area (Å²) in [5.74, 6) is 0.984. The maximum Gasteiger partial charge on any atom is 0.330 e. The number of nitrogens with zero attached hydrogens (tertiary/aromatic N) is 1. The van der Waals surface area contributed by atoms with Crippen LogP contribution in [0.25, 0.3) is 0 Å². The minimum Gasteiger partial charge on any atom is -0.394 e. The van der Waals surface area contributed by atoms with Gasteiger partial charge in [-0.25, -0.2) is 4.79 Å². The Kier molecular flexibility index (Phi) is 7.18. The molecule has 2 N–H and O–H groups in total. The fourth-order valence-corrected chi connectivity index (χ4v) is 3.57. The fraction of sp³-hybridized carbons (Fsp3) is 0.692. The second-order valence-corrected chi connectivity index (χ2v) is 7.35. The largest absolute Gasteiger partial charge is 0.394 e. The van der Waals surface area contributed by atoms with Crippen LogP contribution in [0.4, 0.5) is 0 Å². The number of aryl methyl sites for hydroxylation is 1. The Bertz CT molecular complexity index is 619. The second kappa shape index (κ2) is 8.90. The number of nitrogens with one attached hydrogen (secondary N) is 1. The number of aliphatic hydroxyl groups excluding tert-OH is 1. The van der Waals surface area contributed by atoms with Gasteiger partial charge in [-0.2, -0.15) is 0 Å². The van der Waals surface area contributed by atoms with Gasteiger partial charge in [0, 0.05) is 25.3 Å². The molecule has 1 saturated heterocycles. The molecule has 0 amide bonds. The van der Waals surface area contributed by atoms with E-state index < -0.39 is 23.6 Å². The summed E-state index contributed by atoms with van der Waals surface area (Å²) in [6, 6.07) is 0. The van der Waals surface area contributed by atoms with Crippen molar-refractivity contribution in [2.75, 3.05) is 25.6 Å². The minimum atomic E-state index is -0.572. The lowest BCUT2D eigenvalue weighted by molar-refractivity contribution is -0.0554. The quantitative estimate of drug-likeness (QED) is 0.389. The predicted octanol–water partition coefficient (Wildman–Crippen LogP) is 0.453. The smallest absolute Gasteiger partial charge is 0.330 e. The molecule has 1 aromatic rings. The number of hydrogen-bond acceptors (Lipinski definition) is 8. The minimum absolute atomic E-state index is 0.200. The van der Waals surface area contributed by atoms with Gasteiger partial charge in [0.05, 0.1) is 12.7 Å². The van der Waals surface area contributed by atoms with Crippen LogP contribution in [0.5, 0.6) is 0 Å². The highest BCUT2D eigenvalue weighted by Gasteiger charge is 2.37. The molecule has 1 aromatic heterocycles. The van der Waals surface area contributed by atoms with Crippen LogP contribution in [0.3, 0.4) is 0 Å². The van der Waals surface area contributed by atoms with Crippen LogP contribution < -0.4 is 11.2 Å². The summed E-state index contributed by atoms with van der Waals surface area (Å²) < 4.78 is 17.7. The lowest BCUT2D eigenvalue weighted by Gasteiger charge is -2.16. The SMILES string of the molecule is COCSSCOC1C[C@H](n2cc(C)c(=O)[nH]c2=O)O[C@@H]1CO. The van der Waals surface area contributed by atoms with E-state index in [-0.39, 0.29) is 12.7 Å². The third-order valence-electron chi connectivity index (χ3n) is 3.40. The highest BCUT2D eigenvalue weighted by Crippen LogP contribution is 2.31. The zero-order valence-electron chi connectivity index (χ0n) is 12.9. The van der Waals surface area contributed by atoms with Gasteiger partial charge in [-0.3, -0.25) is 14.3 Å². The van der Waals surface area contributed by atoms with Gasteiger partial charge in [-0.05, 0) is 6.92 Å². The molecule has 0 radical (unpaired) electrons. The van der Waals surface area contributed by atoms with Crippen LogP contribution in [0, 0.1) is 6.92 Å². The van der Waals surface area contributed by atoms with Crippen molar-refractivity contribution in [3.63, 3.8) is 0 Å². The van der Waals surface area contributed by atoms with E-state index in [4.69, 9.17) is 14.2 Å². The van der Waals surface area contributed by atoms with Crippen molar-refractivity contribution in [1.82, 2.24) is 9.55 Å². The molecule has 0 bridgehead atoms. The summed E-state index contributed by atoms with van der Waals surface area (Å²) in [6.07, 6.45) is 0.488. The normalized spacial score (nSPS) is 24.2. The van der Waals surface area contributed by atoms with E-state index >= 15 is 0 Å². The average Bonchev–Trinajstić information content (AvgIpc) is 2.93. The van der Waals surface area contributed by atoms with Gasteiger partial charge in [0.1, 0.15) is 24.2 Å². The van der Waals surface area contributed by atoms with Crippen LogP contribution in [0.1, 0.15) is 18.2 Å². The molecule has 10 heteroatoms. The summed E-state index contributed by atoms with van der Waals surface area (Å²) in [6.45, 7) is 1.42. The predicted molar refractivity (Wildman–Crippen MR) is 88.5 cm³/mol. The van der Waals surface area contributed by atoms with E-state index in [1.54, 1.807) is 14.0 Å². The van der Waals surface area contributed by atoms with E-state index in [2.05, 4.69) is 4.98 Å². The van der Waals surface area contributed by atoms with Gasteiger partial charge in [0.15, 0.2) is 0 Å². The van der Waals surface area contributed by atoms with Crippen molar-refractivity contribution in [2.24, 2.45) is 0 Å². The Morgan fingerprint density at radius 2 is 2.17 bits per heavy atom. The van der Waals surface area contributed by atoms with E-state index in [9.17, 15) is 14.7 Å². The number of methoxy groups -OCH3 is 1. The first-order valence-corrected chi connectivity index (χ1v) is 9.49. The van der Waals surface area contributed by atoms with Gasteiger partial charge < -0.3 is 19.3 Å². The number of ether oxygens (including phenoxy) is 3. The zero-order chi connectivity index (χ0) is 16.8. The van der Waals surface area contributed by atoms with E-state index in [1.807, 2.05) is 0 Å². The Hall–Kier alpha value is -0.780. The number of hydrogen-bond donors (Lipinski definition) is 2. The lowest BCUT2D eigenvalue weighted by Crippen LogP contribution is -2.33. The zero-order valence-corrected chi connectivity index (χ0v) is 14.5. The highest BCUT2D eigenvalue weighted by atomic mass is 33.1. The molecule has 1 fully saturated rings. The first-order valence-electron chi connectivity index (χ1n) is 7.00. The van der Waals surface area contributed by atoms with Gasteiger partial charge >= 0.3 is 5.69 Å². The second-order valence-electron chi connectivity index (χ2n) is 4.99. The van der Waals surface area contributed by atoms with Gasteiger partial charge in [-0.1, -0.05) is 21.6 Å². The molecule has 2 heterocycles. The standard InChI is InChI=1S/C13H20N2O6S2/c1-8-4-15(13(18)14-12(8)17)11-3-9(10(5-16)21-11)20-7-23-22-6-19-2/h4,9-11,16H,3,5-7H2,1-2H3,(H,14,17,18)/t9?,10-,11-/m1/s1. The number of aromatic nitrogens is 2. The molecule has 2 rings (SSSR count). The van der Waals surface area contributed by atoms with Crippen LogP contribution in [-0.4, -0.2) is 52.5 Å². The van der Waals surface area contributed by atoms with Crippen molar-refractivity contribution in [2.45, 2.75) is 31.8 Å². The number of aromatic amines is 1. The molecular weight excluding hydrogens is 344 g/mol. The van der Waals surface area contributed by atoms with Gasteiger partial charge in [0.2, 0.25) is 0 Å². The molecular formula is C13H20N2O6S2. The number of rotatable bonds is 8. The summed E-state index contributed by atoms with van der Waals surface area (Å²) in [5.41, 5.74) is -0.528. The Morgan fingerprint density at radius 3 is 2.87 bits per heavy atom. The molecule has 3 atom stereocenters. The number of aliphatic hydroxyl groups is 1. The van der Waals surface area contributed by atoms with Crippen LogP contribution in [-0.2, 0) is 14.2 Å². The van der Waals surface area contributed by atoms with Crippen LogP contribution in [0.2, 0.25) is 0 Å². The Labute approximate surface area is 140 Å². The maximum atomic E-state index is 11.9. The monoisotopic (exact) mass is 364 g/mol. The summed E-state index contributed by atoms with van der Waals surface area (Å²) in [7, 11) is 4.64. The third kappa shape index (κ3) is 4.85. The fourth-order valence-electron chi connectivity index (χ4n) is 2.24. The van der Waals surface area contributed by atoms with E-state index in [0.29, 0.717) is 23.9 Å². The maximum absolute atomic E-state index is 11.9. The van der Waals surface area contributed by atoms with Crippen molar-refractivity contribution >= 4 is 21.6 Å². The Balaban J connectivity index is 1.99. The average molecular weight is 364 g/mol.